The highest BCUT2D eigenvalue weighted by molar-refractivity contribution is 5.68. The number of amides is 1. The van der Waals surface area contributed by atoms with Crippen LogP contribution in [0.15, 0.2) is 0 Å². The van der Waals surface area contributed by atoms with E-state index in [0.29, 0.717) is 0 Å². The first kappa shape index (κ1) is 17.2. The van der Waals surface area contributed by atoms with Gasteiger partial charge in [0.25, 0.3) is 0 Å². The molecule has 0 bridgehead atoms. The van der Waals surface area contributed by atoms with Crippen LogP contribution in [0.5, 0.6) is 0 Å². The lowest BCUT2D eigenvalue weighted by atomic mass is 10.1. The largest absolute Gasteiger partial charge is 0.444 e. The third-order valence-corrected chi connectivity index (χ3v) is 3.07. The van der Waals surface area contributed by atoms with Crippen LogP contribution in [0.2, 0.25) is 0 Å². The van der Waals surface area contributed by atoms with Gasteiger partial charge in [-0.05, 0) is 60.3 Å². The first-order valence-corrected chi connectivity index (χ1v) is 7.28. The Kier molecular flexibility index (Phi) is 5.44. The van der Waals surface area contributed by atoms with Crippen LogP contribution in [-0.4, -0.2) is 41.2 Å². The highest BCUT2D eigenvalue weighted by Crippen LogP contribution is 2.31. The fourth-order valence-corrected chi connectivity index (χ4v) is 2.44. The molecule has 20 heavy (non-hydrogen) atoms. The zero-order valence-electron chi connectivity index (χ0n) is 13.5. The van der Waals surface area contributed by atoms with E-state index in [2.05, 4.69) is 5.32 Å². The summed E-state index contributed by atoms with van der Waals surface area (Å²) in [5, 5.41) is 12.2. The number of aliphatic hydroxyl groups excluding tert-OH is 1. The number of carbonyl (C=O) groups is 1. The van der Waals surface area contributed by atoms with E-state index in [4.69, 9.17) is 9.47 Å². The molecule has 0 aliphatic heterocycles. The van der Waals surface area contributed by atoms with Gasteiger partial charge in [-0.25, -0.2) is 4.79 Å². The third-order valence-electron chi connectivity index (χ3n) is 3.07. The van der Waals surface area contributed by atoms with Crippen molar-refractivity contribution in [1.29, 1.82) is 0 Å². The number of nitrogens with one attached hydrogen (secondary N) is 1. The van der Waals surface area contributed by atoms with E-state index in [1.54, 1.807) is 0 Å². The van der Waals surface area contributed by atoms with Crippen LogP contribution in [0.25, 0.3) is 0 Å². The van der Waals surface area contributed by atoms with E-state index >= 15 is 0 Å². The normalized spacial score (nSPS) is 27.4. The van der Waals surface area contributed by atoms with Gasteiger partial charge in [0, 0.05) is 6.61 Å². The van der Waals surface area contributed by atoms with Crippen molar-refractivity contribution in [2.45, 2.75) is 77.7 Å². The second kappa shape index (κ2) is 6.31. The number of hydrogen-bond donors (Lipinski definition) is 2. The Morgan fingerprint density at radius 2 is 1.75 bits per heavy atom. The summed E-state index contributed by atoms with van der Waals surface area (Å²) in [7, 11) is 0. The smallest absolute Gasteiger partial charge is 0.407 e. The Balaban J connectivity index is 2.62. The van der Waals surface area contributed by atoms with Gasteiger partial charge >= 0.3 is 6.09 Å². The molecule has 0 aromatic heterocycles. The van der Waals surface area contributed by atoms with Crippen LogP contribution in [0.3, 0.4) is 0 Å². The van der Waals surface area contributed by atoms with Crippen LogP contribution < -0.4 is 5.32 Å². The van der Waals surface area contributed by atoms with E-state index in [0.717, 1.165) is 12.8 Å². The average molecular weight is 287 g/mol. The van der Waals surface area contributed by atoms with E-state index < -0.39 is 11.7 Å². The fraction of sp³-hybridized carbons (Fsp3) is 0.933. The summed E-state index contributed by atoms with van der Waals surface area (Å²) in [6.07, 6.45) is 0.966. The number of aliphatic hydroxyl groups is 1. The maximum atomic E-state index is 11.9. The van der Waals surface area contributed by atoms with Crippen molar-refractivity contribution in [3.05, 3.63) is 0 Å². The Bertz CT molecular complexity index is 330. The minimum Gasteiger partial charge on any atom is -0.444 e. The molecule has 1 fully saturated rings. The van der Waals surface area contributed by atoms with Crippen LogP contribution in [0.1, 0.15) is 54.4 Å². The van der Waals surface area contributed by atoms with Gasteiger partial charge in [-0.3, -0.25) is 0 Å². The predicted molar refractivity (Wildman–Crippen MR) is 77.6 cm³/mol. The van der Waals surface area contributed by atoms with Crippen molar-refractivity contribution < 1.29 is 19.4 Å². The maximum Gasteiger partial charge on any atom is 0.407 e. The van der Waals surface area contributed by atoms with Crippen molar-refractivity contribution in [3.63, 3.8) is 0 Å². The molecule has 1 aliphatic carbocycles. The van der Waals surface area contributed by atoms with Gasteiger partial charge in [0.05, 0.1) is 17.7 Å². The van der Waals surface area contributed by atoms with Crippen molar-refractivity contribution in [1.82, 2.24) is 5.32 Å². The molecular formula is C15H29NO4. The average Bonchev–Trinajstić information content (AvgIpc) is 2.55. The fourth-order valence-electron chi connectivity index (χ4n) is 2.44. The molecule has 0 aromatic rings. The van der Waals surface area contributed by atoms with Gasteiger partial charge in [-0.1, -0.05) is 0 Å². The second-order valence-corrected chi connectivity index (χ2v) is 7.54. The zero-order valence-corrected chi connectivity index (χ0v) is 13.5. The number of ether oxygens (including phenoxy) is 2. The van der Waals surface area contributed by atoms with Crippen molar-refractivity contribution in [3.8, 4) is 0 Å². The molecule has 0 unspecified atom stereocenters. The molecular weight excluding hydrogens is 258 g/mol. The molecule has 3 atom stereocenters. The van der Waals surface area contributed by atoms with Crippen molar-refractivity contribution in [2.24, 2.45) is 5.92 Å². The van der Waals surface area contributed by atoms with Gasteiger partial charge in [-0.2, -0.15) is 0 Å². The lowest BCUT2D eigenvalue weighted by molar-refractivity contribution is -0.0687. The van der Waals surface area contributed by atoms with Crippen LogP contribution in [0, 0.1) is 5.92 Å². The molecule has 2 N–H and O–H groups in total. The minimum atomic E-state index is -0.514. The lowest BCUT2D eigenvalue weighted by Gasteiger charge is -2.30. The maximum absolute atomic E-state index is 11.9. The summed E-state index contributed by atoms with van der Waals surface area (Å²) in [6.45, 7) is 11.6. The van der Waals surface area contributed by atoms with Crippen molar-refractivity contribution >= 4 is 6.09 Å². The van der Waals surface area contributed by atoms with E-state index in [-0.39, 0.29) is 30.3 Å². The monoisotopic (exact) mass is 287 g/mol. The molecule has 0 spiro atoms. The minimum absolute atomic E-state index is 0.0836. The van der Waals surface area contributed by atoms with Crippen molar-refractivity contribution in [2.75, 3.05) is 6.61 Å². The molecule has 1 aliphatic rings. The SMILES string of the molecule is CC(C)(C)OC(=O)N[C@@H]1C[C@H](CO)C[C@@H]1OC(C)(C)C. The summed E-state index contributed by atoms with van der Waals surface area (Å²) in [5.74, 6) is 0.169. The Labute approximate surface area is 122 Å². The molecule has 118 valence electrons. The topological polar surface area (TPSA) is 67.8 Å². The van der Waals surface area contributed by atoms with Gasteiger partial charge in [-0.15, -0.1) is 0 Å². The van der Waals surface area contributed by atoms with Crippen LogP contribution >= 0.6 is 0 Å². The molecule has 5 nitrogen and oxygen atoms in total. The molecule has 0 aromatic carbocycles. The van der Waals surface area contributed by atoms with Gasteiger partial charge < -0.3 is 19.9 Å². The molecule has 0 heterocycles. The first-order chi connectivity index (χ1) is 9.00. The Hall–Kier alpha value is -0.810. The Morgan fingerprint density at radius 3 is 2.20 bits per heavy atom. The zero-order chi connectivity index (χ0) is 15.6. The van der Waals surface area contributed by atoms with Gasteiger partial charge in [0.1, 0.15) is 5.60 Å². The number of rotatable bonds is 3. The number of alkyl carbamates (subject to hydrolysis) is 1. The summed E-state index contributed by atoms with van der Waals surface area (Å²) in [4.78, 5) is 11.9. The summed E-state index contributed by atoms with van der Waals surface area (Å²) in [6, 6.07) is -0.110. The van der Waals surface area contributed by atoms with Gasteiger partial charge in [0.15, 0.2) is 0 Å². The predicted octanol–water partition coefficient (Wildman–Crippen LogP) is 2.47. The molecule has 1 amide bonds. The molecule has 1 rings (SSSR count). The summed E-state index contributed by atoms with van der Waals surface area (Å²) in [5.41, 5.74) is -0.789. The number of carbonyl (C=O) groups excluding carboxylic acids is 1. The highest BCUT2D eigenvalue weighted by atomic mass is 16.6. The molecule has 1 saturated carbocycles. The molecule has 0 radical (unpaired) electrons. The number of hydrogen-bond acceptors (Lipinski definition) is 4. The highest BCUT2D eigenvalue weighted by Gasteiger charge is 2.38. The van der Waals surface area contributed by atoms with Crippen LogP contribution in [0.4, 0.5) is 4.79 Å². The van der Waals surface area contributed by atoms with E-state index in [1.165, 1.54) is 0 Å². The van der Waals surface area contributed by atoms with E-state index in [9.17, 15) is 9.90 Å². The standard InChI is InChI=1S/C15H29NO4/c1-14(2,3)19-12-8-10(9-17)7-11(12)16-13(18)20-15(4,5)6/h10-12,17H,7-9H2,1-6H3,(H,16,18)/t10-,11+,12-/m0/s1. The Morgan fingerprint density at radius 1 is 1.15 bits per heavy atom. The quantitative estimate of drug-likeness (QED) is 0.836. The third kappa shape index (κ3) is 6.09. The van der Waals surface area contributed by atoms with Gasteiger partial charge in [0.2, 0.25) is 0 Å². The lowest BCUT2D eigenvalue weighted by Crippen LogP contribution is -2.45. The summed E-state index contributed by atoms with van der Waals surface area (Å²) < 4.78 is 11.3. The van der Waals surface area contributed by atoms with Crippen LogP contribution in [-0.2, 0) is 9.47 Å². The molecule has 0 saturated heterocycles. The second-order valence-electron chi connectivity index (χ2n) is 7.54. The van der Waals surface area contributed by atoms with E-state index in [1.807, 2.05) is 41.5 Å². The molecule has 5 heteroatoms. The first-order valence-electron chi connectivity index (χ1n) is 7.28. The summed E-state index contributed by atoms with van der Waals surface area (Å²) >= 11 is 0.